The van der Waals surface area contributed by atoms with E-state index in [9.17, 15) is 18.3 Å². The molecule has 122 valence electrons. The molecule has 0 aliphatic carbocycles. The van der Waals surface area contributed by atoms with Gasteiger partial charge in [0.15, 0.2) is 0 Å². The van der Waals surface area contributed by atoms with Crippen molar-refractivity contribution in [2.75, 3.05) is 4.72 Å². The highest BCUT2D eigenvalue weighted by Gasteiger charge is 2.14. The largest absolute Gasteiger partial charge is 0.545 e. The molecule has 0 radical (unpaired) electrons. The minimum atomic E-state index is -3.71. The predicted molar refractivity (Wildman–Crippen MR) is 86.7 cm³/mol. The first-order valence-corrected chi connectivity index (χ1v) is 8.76. The van der Waals surface area contributed by atoms with Crippen LogP contribution in [0.25, 0.3) is 0 Å². The van der Waals surface area contributed by atoms with E-state index in [1.165, 1.54) is 24.3 Å². The Hall–Kier alpha value is -2.34. The number of anilines is 1. The van der Waals surface area contributed by atoms with Crippen LogP contribution < -0.4 is 9.83 Å². The lowest BCUT2D eigenvalue weighted by Crippen LogP contribution is -2.22. The maximum Gasteiger partial charge on any atom is 0.261 e. The maximum absolute atomic E-state index is 12.3. The second-order valence-corrected chi connectivity index (χ2v) is 7.03. The van der Waals surface area contributed by atoms with E-state index in [0.29, 0.717) is 11.6 Å². The molecule has 5 nitrogen and oxygen atoms in total. The van der Waals surface area contributed by atoms with Gasteiger partial charge in [0.1, 0.15) is 0 Å². The Balaban J connectivity index is 2.19. The predicted octanol–water partition coefficient (Wildman–Crippen LogP) is 2.36. The third kappa shape index (κ3) is 4.10. The Labute approximate surface area is 136 Å². The van der Waals surface area contributed by atoms with Crippen LogP contribution in [0.2, 0.25) is 0 Å². The molecular weight excluding hydrogens is 314 g/mol. The van der Waals surface area contributed by atoms with E-state index in [4.69, 9.17) is 0 Å². The van der Waals surface area contributed by atoms with Crippen molar-refractivity contribution in [1.29, 1.82) is 0 Å². The second kappa shape index (κ2) is 6.83. The van der Waals surface area contributed by atoms with E-state index >= 15 is 0 Å². The Kier molecular flexibility index (Phi) is 5.05. The molecule has 0 saturated carbocycles. The summed E-state index contributed by atoms with van der Waals surface area (Å²) in [5, 5.41) is 10.7. The number of carbonyl (C=O) groups is 1. The van der Waals surface area contributed by atoms with Crippen LogP contribution in [0.4, 0.5) is 5.69 Å². The Morgan fingerprint density at radius 2 is 1.65 bits per heavy atom. The molecule has 2 rings (SSSR count). The highest BCUT2D eigenvalue weighted by Crippen LogP contribution is 2.22. The van der Waals surface area contributed by atoms with Crippen LogP contribution in [0.5, 0.6) is 0 Å². The summed E-state index contributed by atoms with van der Waals surface area (Å²) < 4.78 is 27.1. The molecule has 0 aliphatic rings. The van der Waals surface area contributed by atoms with Crippen LogP contribution in [-0.4, -0.2) is 14.4 Å². The standard InChI is InChI=1S/C17H19NO4S/c1-3-12(2)13-6-10-16(11-7-13)23(21,22)18-15-8-4-14(5-9-15)17(19)20/h4-12,18H,3H2,1-2H3,(H,19,20)/p-1/t12-/m1/s1. The minimum absolute atomic E-state index is 0.00847. The molecule has 0 saturated heterocycles. The molecular formula is C17H18NO4S-. The zero-order chi connectivity index (χ0) is 17.0. The van der Waals surface area contributed by atoms with E-state index in [-0.39, 0.29) is 10.5 Å². The number of hydrogen-bond acceptors (Lipinski definition) is 4. The highest BCUT2D eigenvalue weighted by atomic mass is 32.2. The average molecular weight is 332 g/mol. The molecule has 0 fully saturated rings. The van der Waals surface area contributed by atoms with Gasteiger partial charge in [-0.2, -0.15) is 0 Å². The molecule has 6 heteroatoms. The van der Waals surface area contributed by atoms with Crippen LogP contribution in [0.1, 0.15) is 42.1 Å². The quantitative estimate of drug-likeness (QED) is 0.880. The molecule has 0 aliphatic heterocycles. The highest BCUT2D eigenvalue weighted by molar-refractivity contribution is 7.92. The topological polar surface area (TPSA) is 86.3 Å². The summed E-state index contributed by atoms with van der Waals surface area (Å²) in [7, 11) is -3.71. The van der Waals surface area contributed by atoms with Gasteiger partial charge in [-0.3, -0.25) is 4.72 Å². The van der Waals surface area contributed by atoms with Crippen molar-refractivity contribution in [2.45, 2.75) is 31.1 Å². The summed E-state index contributed by atoms with van der Waals surface area (Å²) in [6, 6.07) is 12.1. The van der Waals surface area contributed by atoms with E-state index in [1.54, 1.807) is 12.1 Å². The fourth-order valence-electron chi connectivity index (χ4n) is 2.10. The third-order valence-electron chi connectivity index (χ3n) is 3.74. The molecule has 0 bridgehead atoms. The van der Waals surface area contributed by atoms with Gasteiger partial charge in [0.05, 0.1) is 10.9 Å². The lowest BCUT2D eigenvalue weighted by atomic mass is 9.99. The van der Waals surface area contributed by atoms with Gasteiger partial charge in [-0.25, -0.2) is 8.42 Å². The van der Waals surface area contributed by atoms with Gasteiger partial charge in [-0.05, 0) is 47.7 Å². The monoisotopic (exact) mass is 332 g/mol. The first kappa shape index (κ1) is 17.0. The van der Waals surface area contributed by atoms with Crippen LogP contribution in [0.3, 0.4) is 0 Å². The van der Waals surface area contributed by atoms with Crippen molar-refractivity contribution < 1.29 is 18.3 Å². The van der Waals surface area contributed by atoms with Crippen molar-refractivity contribution in [3.63, 3.8) is 0 Å². The van der Waals surface area contributed by atoms with E-state index < -0.39 is 16.0 Å². The number of carboxylic acids is 1. The van der Waals surface area contributed by atoms with E-state index in [2.05, 4.69) is 18.6 Å². The van der Waals surface area contributed by atoms with Gasteiger partial charge in [-0.1, -0.05) is 38.1 Å². The van der Waals surface area contributed by atoms with Crippen molar-refractivity contribution in [1.82, 2.24) is 0 Å². The van der Waals surface area contributed by atoms with Gasteiger partial charge in [-0.15, -0.1) is 0 Å². The molecule has 0 amide bonds. The summed E-state index contributed by atoms with van der Waals surface area (Å²) in [5.41, 5.74) is 1.37. The lowest BCUT2D eigenvalue weighted by molar-refractivity contribution is -0.255. The fourth-order valence-corrected chi connectivity index (χ4v) is 3.16. The van der Waals surface area contributed by atoms with Gasteiger partial charge in [0.2, 0.25) is 0 Å². The molecule has 0 spiro atoms. The summed E-state index contributed by atoms with van der Waals surface area (Å²) in [6.07, 6.45) is 0.981. The zero-order valence-corrected chi connectivity index (χ0v) is 13.8. The number of nitrogens with one attached hydrogen (secondary N) is 1. The van der Waals surface area contributed by atoms with E-state index in [0.717, 1.165) is 12.0 Å². The molecule has 23 heavy (non-hydrogen) atoms. The van der Waals surface area contributed by atoms with Gasteiger partial charge >= 0.3 is 0 Å². The number of hydrogen-bond donors (Lipinski definition) is 1. The summed E-state index contributed by atoms with van der Waals surface area (Å²) in [6.45, 7) is 4.16. The third-order valence-corrected chi connectivity index (χ3v) is 5.14. The summed E-state index contributed by atoms with van der Waals surface area (Å²) in [5.74, 6) is -0.933. The first-order valence-electron chi connectivity index (χ1n) is 7.27. The number of aromatic carboxylic acids is 1. The maximum atomic E-state index is 12.3. The number of carbonyl (C=O) groups excluding carboxylic acids is 1. The molecule has 1 atom stereocenters. The Morgan fingerprint density at radius 3 is 2.13 bits per heavy atom. The van der Waals surface area contributed by atoms with Gasteiger partial charge in [0.25, 0.3) is 10.0 Å². The molecule has 0 aromatic heterocycles. The van der Waals surface area contributed by atoms with Crippen molar-refractivity contribution >= 4 is 21.7 Å². The number of carboxylic acid groups (broad SMARTS) is 1. The van der Waals surface area contributed by atoms with Gasteiger partial charge in [0, 0.05) is 5.69 Å². The van der Waals surface area contributed by atoms with Crippen LogP contribution in [0, 0.1) is 0 Å². The minimum Gasteiger partial charge on any atom is -0.545 e. The van der Waals surface area contributed by atoms with Crippen LogP contribution in [0.15, 0.2) is 53.4 Å². The number of sulfonamides is 1. The molecule has 1 N–H and O–H groups in total. The molecule has 0 heterocycles. The van der Waals surface area contributed by atoms with Crippen LogP contribution in [-0.2, 0) is 10.0 Å². The summed E-state index contributed by atoms with van der Waals surface area (Å²) >= 11 is 0. The van der Waals surface area contributed by atoms with Crippen LogP contribution >= 0.6 is 0 Å². The molecule has 2 aromatic rings. The van der Waals surface area contributed by atoms with Crippen molar-refractivity contribution in [3.8, 4) is 0 Å². The fraction of sp³-hybridized carbons (Fsp3) is 0.235. The number of benzene rings is 2. The smallest absolute Gasteiger partial charge is 0.261 e. The first-order chi connectivity index (χ1) is 10.8. The number of rotatable bonds is 6. The van der Waals surface area contributed by atoms with Crippen molar-refractivity contribution in [2.24, 2.45) is 0 Å². The zero-order valence-electron chi connectivity index (χ0n) is 12.9. The SMILES string of the molecule is CC[C@@H](C)c1ccc(S(=O)(=O)Nc2ccc(C(=O)[O-])cc2)cc1. The molecule has 0 unspecified atom stereocenters. The average Bonchev–Trinajstić information content (AvgIpc) is 2.54. The Morgan fingerprint density at radius 1 is 1.09 bits per heavy atom. The molecule has 2 aromatic carbocycles. The van der Waals surface area contributed by atoms with E-state index in [1.807, 2.05) is 12.1 Å². The van der Waals surface area contributed by atoms with Gasteiger partial charge < -0.3 is 9.90 Å². The Bertz CT molecular complexity index is 780. The second-order valence-electron chi connectivity index (χ2n) is 5.35. The lowest BCUT2D eigenvalue weighted by Gasteiger charge is -2.12. The normalized spacial score (nSPS) is 12.6. The summed E-state index contributed by atoms with van der Waals surface area (Å²) in [4.78, 5) is 10.8. The van der Waals surface area contributed by atoms with Crippen molar-refractivity contribution in [3.05, 3.63) is 59.7 Å².